The van der Waals surface area contributed by atoms with Gasteiger partial charge in [-0.1, -0.05) is 12.1 Å². The summed E-state index contributed by atoms with van der Waals surface area (Å²) >= 11 is 1.51. The van der Waals surface area contributed by atoms with Crippen LogP contribution in [0.5, 0.6) is 0 Å². The number of hydrogen-bond donors (Lipinski definition) is 2. The number of aryl methyl sites for hydroxylation is 3. The van der Waals surface area contributed by atoms with Crippen molar-refractivity contribution in [1.29, 1.82) is 0 Å². The molecule has 0 aromatic carbocycles. The van der Waals surface area contributed by atoms with Crippen LogP contribution in [-0.4, -0.2) is 51.3 Å². The Morgan fingerprint density at radius 2 is 2.31 bits per heavy atom. The lowest BCUT2D eigenvalue weighted by Crippen LogP contribution is -2.53. The van der Waals surface area contributed by atoms with Gasteiger partial charge in [0, 0.05) is 30.6 Å². The molecule has 1 aliphatic heterocycles. The van der Waals surface area contributed by atoms with Gasteiger partial charge in [-0.05, 0) is 33.1 Å². The van der Waals surface area contributed by atoms with Gasteiger partial charge in [0.25, 0.3) is 5.91 Å². The normalized spacial score (nSPS) is 21.1. The minimum Gasteiger partial charge on any atom is -0.390 e. The van der Waals surface area contributed by atoms with Crippen LogP contribution in [0.2, 0.25) is 0 Å². The maximum atomic E-state index is 12.4. The Hall–Kier alpha value is -1.77. The van der Waals surface area contributed by atoms with Crippen LogP contribution in [0.15, 0.2) is 9.90 Å². The Balaban J connectivity index is 1.54. The molecule has 8 heteroatoms. The van der Waals surface area contributed by atoms with Crippen molar-refractivity contribution in [3.05, 3.63) is 33.1 Å². The van der Waals surface area contributed by atoms with E-state index in [0.29, 0.717) is 25.2 Å². The fourth-order valence-corrected chi connectivity index (χ4v) is 4.13. The molecule has 2 atom stereocenters. The van der Waals surface area contributed by atoms with Crippen molar-refractivity contribution >= 4 is 17.2 Å². The second-order valence-electron chi connectivity index (χ2n) is 6.85. The standard InChI is InChI=1S/C18H26N4O3S/c1-4-5-17-19-15(10-26-17)18(24)20-14-6-7-22(9-16(14)23)8-13-11(2)21-25-12(13)3/h10,14,16,23H,4-9H2,1-3H3,(H,20,24)/t14-,16-/m1/s1. The van der Waals surface area contributed by atoms with Gasteiger partial charge >= 0.3 is 0 Å². The van der Waals surface area contributed by atoms with E-state index in [-0.39, 0.29) is 11.9 Å². The molecule has 3 heterocycles. The number of carbonyl (C=O) groups is 1. The summed E-state index contributed by atoms with van der Waals surface area (Å²) in [7, 11) is 0. The summed E-state index contributed by atoms with van der Waals surface area (Å²) in [5.74, 6) is 0.616. The van der Waals surface area contributed by atoms with Gasteiger partial charge in [0.1, 0.15) is 11.5 Å². The molecule has 26 heavy (non-hydrogen) atoms. The van der Waals surface area contributed by atoms with Crippen LogP contribution in [0.25, 0.3) is 0 Å². The third-order valence-electron chi connectivity index (χ3n) is 4.79. The van der Waals surface area contributed by atoms with Gasteiger partial charge < -0.3 is 14.9 Å². The van der Waals surface area contributed by atoms with E-state index in [9.17, 15) is 9.90 Å². The van der Waals surface area contributed by atoms with Crippen molar-refractivity contribution in [2.45, 2.75) is 58.7 Å². The number of aliphatic hydroxyl groups is 1. The van der Waals surface area contributed by atoms with Gasteiger partial charge in [-0.2, -0.15) is 0 Å². The van der Waals surface area contributed by atoms with Crippen LogP contribution < -0.4 is 5.32 Å². The highest BCUT2D eigenvalue weighted by molar-refractivity contribution is 7.09. The van der Waals surface area contributed by atoms with Crippen molar-refractivity contribution in [2.24, 2.45) is 0 Å². The number of nitrogens with one attached hydrogen (secondary N) is 1. The van der Waals surface area contributed by atoms with Crippen molar-refractivity contribution < 1.29 is 14.4 Å². The monoisotopic (exact) mass is 378 g/mol. The number of carbonyl (C=O) groups excluding carboxylic acids is 1. The predicted octanol–water partition coefficient (Wildman–Crippen LogP) is 2.07. The van der Waals surface area contributed by atoms with E-state index in [0.717, 1.165) is 41.4 Å². The zero-order valence-electron chi connectivity index (χ0n) is 15.5. The highest BCUT2D eigenvalue weighted by Gasteiger charge is 2.30. The fourth-order valence-electron chi connectivity index (χ4n) is 3.25. The first-order valence-electron chi connectivity index (χ1n) is 9.05. The lowest BCUT2D eigenvalue weighted by Gasteiger charge is -2.36. The van der Waals surface area contributed by atoms with Crippen LogP contribution in [0.3, 0.4) is 0 Å². The molecule has 0 aliphatic carbocycles. The molecule has 0 radical (unpaired) electrons. The number of likely N-dealkylation sites (tertiary alicyclic amines) is 1. The summed E-state index contributed by atoms with van der Waals surface area (Å²) in [6, 6.07) is -0.250. The molecule has 1 aliphatic rings. The molecule has 0 saturated carbocycles. The summed E-state index contributed by atoms with van der Waals surface area (Å²) in [4.78, 5) is 18.9. The van der Waals surface area contributed by atoms with Gasteiger partial charge in [-0.15, -0.1) is 11.3 Å². The minimum atomic E-state index is -0.609. The fraction of sp³-hybridized carbons (Fsp3) is 0.611. The SMILES string of the molecule is CCCc1nc(C(=O)N[C@@H]2CCN(Cc3c(C)noc3C)C[C@H]2O)cs1. The first kappa shape index (κ1) is 19.0. The Kier molecular flexibility index (Phi) is 6.05. The largest absolute Gasteiger partial charge is 0.390 e. The van der Waals surface area contributed by atoms with Crippen molar-refractivity contribution in [3.63, 3.8) is 0 Å². The van der Waals surface area contributed by atoms with Crippen LogP contribution in [-0.2, 0) is 13.0 Å². The van der Waals surface area contributed by atoms with E-state index in [1.165, 1.54) is 11.3 Å². The molecule has 7 nitrogen and oxygen atoms in total. The molecule has 2 aromatic heterocycles. The second kappa shape index (κ2) is 8.28. The Bertz CT molecular complexity index is 738. The second-order valence-corrected chi connectivity index (χ2v) is 7.79. The van der Waals surface area contributed by atoms with E-state index in [2.05, 4.69) is 27.3 Å². The number of piperidine rings is 1. The van der Waals surface area contributed by atoms with Gasteiger partial charge in [0.05, 0.1) is 22.8 Å². The highest BCUT2D eigenvalue weighted by atomic mass is 32.1. The number of aromatic nitrogens is 2. The van der Waals surface area contributed by atoms with Crippen molar-refractivity contribution in [3.8, 4) is 0 Å². The Morgan fingerprint density at radius 3 is 2.96 bits per heavy atom. The summed E-state index contributed by atoms with van der Waals surface area (Å²) in [6.45, 7) is 7.92. The van der Waals surface area contributed by atoms with Gasteiger partial charge in [0.2, 0.25) is 0 Å². The lowest BCUT2D eigenvalue weighted by molar-refractivity contribution is 0.0346. The highest BCUT2D eigenvalue weighted by Crippen LogP contribution is 2.19. The molecule has 0 spiro atoms. The molecule has 0 bridgehead atoms. The van der Waals surface area contributed by atoms with Crippen LogP contribution in [0.1, 0.15) is 52.3 Å². The van der Waals surface area contributed by atoms with E-state index < -0.39 is 6.10 Å². The molecule has 3 rings (SSSR count). The molecule has 1 fully saturated rings. The minimum absolute atomic E-state index is 0.202. The average molecular weight is 378 g/mol. The van der Waals surface area contributed by atoms with Crippen LogP contribution >= 0.6 is 11.3 Å². The molecule has 142 valence electrons. The summed E-state index contributed by atoms with van der Waals surface area (Å²) in [5.41, 5.74) is 2.41. The smallest absolute Gasteiger partial charge is 0.271 e. The third-order valence-corrected chi connectivity index (χ3v) is 5.70. The summed E-state index contributed by atoms with van der Waals surface area (Å²) < 4.78 is 5.20. The van der Waals surface area contributed by atoms with E-state index in [1.54, 1.807) is 5.38 Å². The van der Waals surface area contributed by atoms with E-state index in [4.69, 9.17) is 4.52 Å². The van der Waals surface area contributed by atoms with E-state index in [1.807, 2.05) is 13.8 Å². The molecule has 1 saturated heterocycles. The number of nitrogens with zero attached hydrogens (tertiary/aromatic N) is 3. The number of β-amino-alcohol motifs (C(OH)–C–C–N with tert-alkyl or cyclic N) is 1. The Labute approximate surface area is 157 Å². The number of amides is 1. The maximum Gasteiger partial charge on any atom is 0.271 e. The first-order valence-corrected chi connectivity index (χ1v) is 9.93. The number of aliphatic hydroxyl groups excluding tert-OH is 1. The van der Waals surface area contributed by atoms with Gasteiger partial charge in [-0.3, -0.25) is 9.69 Å². The third kappa shape index (κ3) is 4.31. The molecular weight excluding hydrogens is 352 g/mol. The first-order chi connectivity index (χ1) is 12.5. The van der Waals surface area contributed by atoms with Crippen LogP contribution in [0, 0.1) is 13.8 Å². The van der Waals surface area contributed by atoms with Gasteiger partial charge in [0.15, 0.2) is 0 Å². The molecular formula is C18H26N4O3S. The molecule has 1 amide bonds. The lowest BCUT2D eigenvalue weighted by atomic mass is 10.0. The number of hydrogen-bond acceptors (Lipinski definition) is 7. The predicted molar refractivity (Wildman–Crippen MR) is 99.2 cm³/mol. The van der Waals surface area contributed by atoms with Crippen molar-refractivity contribution in [2.75, 3.05) is 13.1 Å². The molecule has 2 N–H and O–H groups in total. The molecule has 0 unspecified atom stereocenters. The molecule has 2 aromatic rings. The van der Waals surface area contributed by atoms with Gasteiger partial charge in [-0.25, -0.2) is 4.98 Å². The average Bonchev–Trinajstić information content (AvgIpc) is 3.20. The summed E-state index contributed by atoms with van der Waals surface area (Å²) in [6.07, 6.45) is 1.99. The number of rotatable bonds is 6. The maximum absolute atomic E-state index is 12.4. The number of thiazole rings is 1. The zero-order chi connectivity index (χ0) is 18.7. The summed E-state index contributed by atoms with van der Waals surface area (Å²) in [5, 5.41) is 20.2. The quantitative estimate of drug-likeness (QED) is 0.800. The van der Waals surface area contributed by atoms with E-state index >= 15 is 0 Å². The van der Waals surface area contributed by atoms with Crippen LogP contribution in [0.4, 0.5) is 0 Å². The zero-order valence-corrected chi connectivity index (χ0v) is 16.3. The van der Waals surface area contributed by atoms with Crippen molar-refractivity contribution in [1.82, 2.24) is 20.4 Å². The topological polar surface area (TPSA) is 91.5 Å². The Morgan fingerprint density at radius 1 is 1.50 bits per heavy atom.